The summed E-state index contributed by atoms with van der Waals surface area (Å²) >= 11 is 0. The number of aryl methyl sites for hydroxylation is 1. The lowest BCUT2D eigenvalue weighted by Gasteiger charge is -2.18. The van der Waals surface area contributed by atoms with Crippen LogP contribution in [0, 0.1) is 0 Å². The largest absolute Gasteiger partial charge is 0.372 e. The van der Waals surface area contributed by atoms with Crippen LogP contribution in [-0.2, 0) is 11.2 Å². The van der Waals surface area contributed by atoms with Gasteiger partial charge in [0.2, 0.25) is 5.91 Å². The first-order valence-electron chi connectivity index (χ1n) is 10.1. The van der Waals surface area contributed by atoms with Gasteiger partial charge in [-0.05, 0) is 6.42 Å². The summed E-state index contributed by atoms with van der Waals surface area (Å²) in [7, 11) is 0. The summed E-state index contributed by atoms with van der Waals surface area (Å²) in [6.45, 7) is 14.6. The molecule has 0 aromatic carbocycles. The Hall–Kier alpha value is -1.65. The Morgan fingerprint density at radius 3 is 1.84 bits per heavy atom. The third kappa shape index (κ3) is 11.5. The SMILES string of the molecule is C1CCCC1.CC.CC.CCC.CCc1ncnc2c1NCC(=O)N2. The molecule has 3 rings (SSSR count). The third-order valence-electron chi connectivity index (χ3n) is 3.19. The summed E-state index contributed by atoms with van der Waals surface area (Å²) in [6, 6.07) is 0. The second-order valence-corrected chi connectivity index (χ2v) is 5.27. The van der Waals surface area contributed by atoms with E-state index in [2.05, 4.69) is 34.4 Å². The Bertz CT molecular complexity index is 424. The predicted molar refractivity (Wildman–Crippen MR) is 110 cm³/mol. The predicted octanol–water partition coefficient (Wildman–Crippen LogP) is 5.82. The van der Waals surface area contributed by atoms with Crippen molar-refractivity contribution in [1.29, 1.82) is 0 Å². The van der Waals surface area contributed by atoms with Gasteiger partial charge >= 0.3 is 0 Å². The summed E-state index contributed by atoms with van der Waals surface area (Å²) in [5.41, 5.74) is 1.79. The standard InChI is InChI=1S/C8H10N4O.C5H10.C3H8.2C2H6/c1-2-5-7-8(11-4-10-5)12-6(13)3-9-7;1-2-4-5-3-1;1-3-2;2*1-2/h4,9H,2-3H2,1H3,(H,10,11,12,13);1-5H2;3H2,1-2H3;2*1-2H3. The average Bonchev–Trinajstić information content (AvgIpc) is 3.25. The number of hydrogen-bond donors (Lipinski definition) is 2. The number of aromatic nitrogens is 2. The van der Waals surface area contributed by atoms with Gasteiger partial charge in [-0.3, -0.25) is 4.79 Å². The molecule has 1 fully saturated rings. The molecule has 1 aromatic rings. The number of fused-ring (bicyclic) bond motifs is 1. The Morgan fingerprint density at radius 2 is 1.40 bits per heavy atom. The molecule has 0 bridgehead atoms. The summed E-state index contributed by atoms with van der Waals surface area (Å²) in [5, 5.41) is 5.68. The van der Waals surface area contributed by atoms with Gasteiger partial charge in [0.25, 0.3) is 0 Å². The van der Waals surface area contributed by atoms with Crippen molar-refractivity contribution in [1.82, 2.24) is 9.97 Å². The number of carbonyl (C=O) groups excluding carboxylic acids is 1. The highest BCUT2D eigenvalue weighted by atomic mass is 16.2. The average molecular weight is 353 g/mol. The van der Waals surface area contributed by atoms with Gasteiger partial charge in [0, 0.05) is 0 Å². The van der Waals surface area contributed by atoms with E-state index in [4.69, 9.17) is 0 Å². The van der Waals surface area contributed by atoms with Crippen LogP contribution in [0.25, 0.3) is 0 Å². The zero-order valence-electron chi connectivity index (χ0n) is 17.5. The lowest BCUT2D eigenvalue weighted by Crippen LogP contribution is -2.29. The number of nitrogens with zero attached hydrogens (tertiary/aromatic N) is 2. The van der Waals surface area contributed by atoms with Crippen molar-refractivity contribution in [2.45, 2.75) is 93.4 Å². The van der Waals surface area contributed by atoms with Crippen molar-refractivity contribution in [2.75, 3.05) is 17.2 Å². The van der Waals surface area contributed by atoms with Crippen molar-refractivity contribution in [3.05, 3.63) is 12.0 Å². The maximum Gasteiger partial charge on any atom is 0.244 e. The number of nitrogens with one attached hydrogen (secondary N) is 2. The molecule has 0 spiro atoms. The minimum absolute atomic E-state index is 0.0618. The molecule has 2 N–H and O–H groups in total. The third-order valence-corrected chi connectivity index (χ3v) is 3.19. The molecule has 146 valence electrons. The molecular formula is C20H40N4O. The van der Waals surface area contributed by atoms with Crippen LogP contribution in [0.2, 0.25) is 0 Å². The fourth-order valence-corrected chi connectivity index (χ4v) is 2.20. The highest BCUT2D eigenvalue weighted by Crippen LogP contribution is 2.24. The van der Waals surface area contributed by atoms with Gasteiger partial charge in [-0.15, -0.1) is 0 Å². The lowest BCUT2D eigenvalue weighted by atomic mass is 10.2. The molecule has 1 amide bonds. The molecule has 5 heteroatoms. The second-order valence-electron chi connectivity index (χ2n) is 5.27. The lowest BCUT2D eigenvalue weighted by molar-refractivity contribution is -0.114. The van der Waals surface area contributed by atoms with E-state index in [1.165, 1.54) is 44.9 Å². The van der Waals surface area contributed by atoms with E-state index in [9.17, 15) is 4.79 Å². The molecule has 1 aliphatic heterocycles. The van der Waals surface area contributed by atoms with Gasteiger partial charge in [-0.1, -0.05) is 87.0 Å². The number of hydrogen-bond acceptors (Lipinski definition) is 4. The van der Waals surface area contributed by atoms with Gasteiger partial charge < -0.3 is 10.6 Å². The van der Waals surface area contributed by atoms with Crippen LogP contribution in [0.5, 0.6) is 0 Å². The fourth-order valence-electron chi connectivity index (χ4n) is 2.20. The maximum atomic E-state index is 11.0. The van der Waals surface area contributed by atoms with Crippen LogP contribution in [-0.4, -0.2) is 22.4 Å². The molecular weight excluding hydrogens is 312 g/mol. The summed E-state index contributed by atoms with van der Waals surface area (Å²) in [4.78, 5) is 19.1. The van der Waals surface area contributed by atoms with Crippen LogP contribution in [0.1, 0.15) is 92.7 Å². The first-order valence-corrected chi connectivity index (χ1v) is 10.1. The molecule has 0 radical (unpaired) electrons. The summed E-state index contributed by atoms with van der Waals surface area (Å²) in [6.07, 6.45) is 11.0. The van der Waals surface area contributed by atoms with Gasteiger partial charge in [0.15, 0.2) is 5.82 Å². The minimum atomic E-state index is -0.0618. The molecule has 0 atom stereocenters. The zero-order valence-corrected chi connectivity index (χ0v) is 17.5. The van der Waals surface area contributed by atoms with E-state index in [1.54, 1.807) is 0 Å². The van der Waals surface area contributed by atoms with Crippen molar-refractivity contribution in [2.24, 2.45) is 0 Å². The van der Waals surface area contributed by atoms with Crippen molar-refractivity contribution >= 4 is 17.4 Å². The van der Waals surface area contributed by atoms with E-state index in [0.717, 1.165) is 17.8 Å². The Balaban J connectivity index is 0. The molecule has 25 heavy (non-hydrogen) atoms. The number of rotatable bonds is 1. The fraction of sp³-hybridized carbons (Fsp3) is 0.750. The Kier molecular flexibility index (Phi) is 19.1. The molecule has 1 saturated carbocycles. The summed E-state index contributed by atoms with van der Waals surface area (Å²) < 4.78 is 0. The van der Waals surface area contributed by atoms with E-state index >= 15 is 0 Å². The van der Waals surface area contributed by atoms with Gasteiger partial charge in [0.1, 0.15) is 6.33 Å². The Labute approximate surface area is 155 Å². The van der Waals surface area contributed by atoms with E-state index < -0.39 is 0 Å². The maximum absolute atomic E-state index is 11.0. The molecule has 1 aromatic heterocycles. The topological polar surface area (TPSA) is 66.9 Å². The normalized spacial score (nSPS) is 13.5. The monoisotopic (exact) mass is 352 g/mol. The number of anilines is 2. The van der Waals surface area contributed by atoms with Crippen LogP contribution >= 0.6 is 0 Å². The second kappa shape index (κ2) is 18.7. The highest BCUT2D eigenvalue weighted by molar-refractivity contribution is 5.99. The van der Waals surface area contributed by atoms with Crippen LogP contribution < -0.4 is 10.6 Å². The van der Waals surface area contributed by atoms with E-state index in [0.29, 0.717) is 12.4 Å². The number of carbonyl (C=O) groups is 1. The number of amides is 1. The molecule has 0 saturated heterocycles. The zero-order chi connectivity index (χ0) is 19.5. The molecule has 1 aliphatic carbocycles. The summed E-state index contributed by atoms with van der Waals surface area (Å²) in [5.74, 6) is 0.524. The Morgan fingerprint density at radius 1 is 0.920 bits per heavy atom. The first kappa shape index (κ1) is 25.6. The van der Waals surface area contributed by atoms with Gasteiger partial charge in [0.05, 0.1) is 17.9 Å². The molecule has 5 nitrogen and oxygen atoms in total. The highest BCUT2D eigenvalue weighted by Gasteiger charge is 2.17. The van der Waals surface area contributed by atoms with Crippen LogP contribution in [0.4, 0.5) is 11.5 Å². The smallest absolute Gasteiger partial charge is 0.244 e. The van der Waals surface area contributed by atoms with Crippen LogP contribution in [0.3, 0.4) is 0 Å². The molecule has 2 heterocycles. The minimum Gasteiger partial charge on any atom is -0.372 e. The van der Waals surface area contributed by atoms with Crippen molar-refractivity contribution < 1.29 is 4.79 Å². The van der Waals surface area contributed by atoms with E-state index in [1.807, 2.05) is 34.6 Å². The molecule has 2 aliphatic rings. The van der Waals surface area contributed by atoms with Gasteiger partial charge in [-0.2, -0.15) is 0 Å². The molecule has 0 unspecified atom stereocenters. The quantitative estimate of drug-likeness (QED) is 0.668. The van der Waals surface area contributed by atoms with Gasteiger partial charge in [-0.25, -0.2) is 9.97 Å². The van der Waals surface area contributed by atoms with E-state index in [-0.39, 0.29) is 5.91 Å². The van der Waals surface area contributed by atoms with Crippen molar-refractivity contribution in [3.8, 4) is 0 Å². The van der Waals surface area contributed by atoms with Crippen molar-refractivity contribution in [3.63, 3.8) is 0 Å². The van der Waals surface area contributed by atoms with Crippen LogP contribution in [0.15, 0.2) is 6.33 Å². The first-order chi connectivity index (χ1) is 12.2.